The molecule has 0 aliphatic heterocycles. The Morgan fingerprint density at radius 3 is 2.50 bits per heavy atom. The molecule has 3 N–H and O–H groups in total. The van der Waals surface area contributed by atoms with Crippen LogP contribution < -0.4 is 0 Å². The zero-order valence-electron chi connectivity index (χ0n) is 8.57. The van der Waals surface area contributed by atoms with Crippen molar-refractivity contribution in [2.24, 2.45) is 0 Å². The summed E-state index contributed by atoms with van der Waals surface area (Å²) in [7, 11) is 1.18. The summed E-state index contributed by atoms with van der Waals surface area (Å²) >= 11 is 0. The Bertz CT molecular complexity index is 353. The summed E-state index contributed by atoms with van der Waals surface area (Å²) in [5, 5.41) is 27.9. The van der Waals surface area contributed by atoms with E-state index in [2.05, 4.69) is 14.7 Å². The minimum absolute atomic E-state index is 0.0748. The van der Waals surface area contributed by atoms with E-state index in [0.29, 0.717) is 0 Å². The minimum atomic E-state index is -1.40. The highest BCUT2D eigenvalue weighted by Gasteiger charge is 2.23. The lowest BCUT2D eigenvalue weighted by molar-refractivity contribution is -0.144. The van der Waals surface area contributed by atoms with Crippen molar-refractivity contribution in [3.8, 4) is 5.75 Å². The lowest BCUT2D eigenvalue weighted by Crippen LogP contribution is -2.24. The van der Waals surface area contributed by atoms with E-state index in [9.17, 15) is 15.0 Å². The molecule has 1 aromatic heterocycles. The quantitative estimate of drug-likeness (QED) is 0.574. The van der Waals surface area contributed by atoms with Gasteiger partial charge in [-0.05, 0) is 0 Å². The molecule has 1 rings (SSSR count). The van der Waals surface area contributed by atoms with Crippen LogP contribution in [0.25, 0.3) is 0 Å². The van der Waals surface area contributed by atoms with Crippen LogP contribution in [0.2, 0.25) is 0 Å². The van der Waals surface area contributed by atoms with E-state index < -0.39 is 18.2 Å². The number of hydrogen-bond acceptors (Lipinski definition) is 7. The van der Waals surface area contributed by atoms with Gasteiger partial charge in [-0.3, -0.25) is 4.79 Å². The van der Waals surface area contributed by atoms with Gasteiger partial charge in [-0.2, -0.15) is 0 Å². The minimum Gasteiger partial charge on any atom is -0.505 e. The first-order valence-electron chi connectivity index (χ1n) is 4.48. The van der Waals surface area contributed by atoms with Gasteiger partial charge >= 0.3 is 5.97 Å². The van der Waals surface area contributed by atoms with Gasteiger partial charge < -0.3 is 20.1 Å². The number of rotatable bonds is 4. The number of aromatic nitrogens is 2. The molecule has 0 radical (unpaired) electrons. The first-order chi connectivity index (χ1) is 7.54. The maximum atomic E-state index is 10.8. The second-order valence-corrected chi connectivity index (χ2v) is 3.09. The molecule has 1 heterocycles. The van der Waals surface area contributed by atoms with E-state index in [1.807, 2.05) is 0 Å². The molecule has 0 aliphatic rings. The van der Waals surface area contributed by atoms with Gasteiger partial charge in [0.15, 0.2) is 11.6 Å². The van der Waals surface area contributed by atoms with Crippen molar-refractivity contribution in [3.05, 3.63) is 18.2 Å². The molecule has 0 fully saturated rings. The molecule has 2 unspecified atom stereocenters. The molecule has 7 nitrogen and oxygen atoms in total. The van der Waals surface area contributed by atoms with Gasteiger partial charge in [0.2, 0.25) is 0 Å². The Morgan fingerprint density at radius 2 is 2.00 bits per heavy atom. The first-order valence-corrected chi connectivity index (χ1v) is 4.48. The average Bonchev–Trinajstić information content (AvgIpc) is 2.28. The zero-order valence-corrected chi connectivity index (χ0v) is 8.57. The highest BCUT2D eigenvalue weighted by atomic mass is 16.5. The highest BCUT2D eigenvalue weighted by Crippen LogP contribution is 2.16. The number of hydrogen-bond donors (Lipinski definition) is 3. The fourth-order valence-electron chi connectivity index (χ4n) is 1.02. The standard InChI is InChI=1S/C9H12N2O5/c1-16-7(14)2-6(13)8(15)9-10-3-5(12)4-11-9/h3-4,6,8,12-13,15H,2H2,1H3. The molecule has 0 aliphatic carbocycles. The third-order valence-electron chi connectivity index (χ3n) is 1.89. The van der Waals surface area contributed by atoms with Crippen LogP contribution >= 0.6 is 0 Å². The topological polar surface area (TPSA) is 113 Å². The number of aliphatic hydroxyl groups excluding tert-OH is 2. The Hall–Kier alpha value is -1.73. The summed E-state index contributed by atoms with van der Waals surface area (Å²) < 4.78 is 4.34. The van der Waals surface area contributed by atoms with Gasteiger partial charge in [-0.25, -0.2) is 9.97 Å². The molecule has 0 saturated carbocycles. The Kier molecular flexibility index (Phi) is 4.15. The van der Waals surface area contributed by atoms with Crippen molar-refractivity contribution in [2.75, 3.05) is 7.11 Å². The van der Waals surface area contributed by atoms with E-state index in [-0.39, 0.29) is 18.0 Å². The Morgan fingerprint density at radius 1 is 1.44 bits per heavy atom. The number of esters is 1. The fourth-order valence-corrected chi connectivity index (χ4v) is 1.02. The van der Waals surface area contributed by atoms with Crippen LogP contribution in [0.1, 0.15) is 18.3 Å². The molecule has 0 bridgehead atoms. The molecule has 0 saturated heterocycles. The fraction of sp³-hybridized carbons (Fsp3) is 0.444. The van der Waals surface area contributed by atoms with E-state index in [4.69, 9.17) is 5.11 Å². The van der Waals surface area contributed by atoms with Crippen molar-refractivity contribution in [2.45, 2.75) is 18.6 Å². The smallest absolute Gasteiger partial charge is 0.308 e. The molecule has 0 amide bonds. The van der Waals surface area contributed by atoms with Gasteiger partial charge in [0.05, 0.1) is 32.0 Å². The number of nitrogens with zero attached hydrogens (tertiary/aromatic N) is 2. The maximum Gasteiger partial charge on any atom is 0.308 e. The lowest BCUT2D eigenvalue weighted by Gasteiger charge is -2.14. The molecule has 1 aromatic rings. The van der Waals surface area contributed by atoms with Gasteiger partial charge in [-0.1, -0.05) is 0 Å². The van der Waals surface area contributed by atoms with Crippen molar-refractivity contribution in [3.63, 3.8) is 0 Å². The van der Waals surface area contributed by atoms with Crippen LogP contribution in [-0.4, -0.2) is 44.5 Å². The van der Waals surface area contributed by atoms with Crippen molar-refractivity contribution < 1.29 is 24.9 Å². The molecule has 0 spiro atoms. The number of carbonyl (C=O) groups excluding carboxylic acids is 1. The normalized spacial score (nSPS) is 14.2. The maximum absolute atomic E-state index is 10.8. The van der Waals surface area contributed by atoms with E-state index in [1.165, 1.54) is 7.11 Å². The van der Waals surface area contributed by atoms with Gasteiger partial charge in [0.1, 0.15) is 6.10 Å². The predicted molar refractivity (Wildman–Crippen MR) is 51.3 cm³/mol. The Balaban J connectivity index is 2.66. The monoisotopic (exact) mass is 228 g/mol. The van der Waals surface area contributed by atoms with Gasteiger partial charge in [0.25, 0.3) is 0 Å². The SMILES string of the molecule is COC(=O)CC(O)C(O)c1ncc(O)cn1. The van der Waals surface area contributed by atoms with Gasteiger partial charge in [-0.15, -0.1) is 0 Å². The van der Waals surface area contributed by atoms with E-state index in [1.54, 1.807) is 0 Å². The molecule has 0 aromatic carbocycles. The summed E-state index contributed by atoms with van der Waals surface area (Å²) in [6.07, 6.45) is -0.953. The highest BCUT2D eigenvalue weighted by molar-refractivity contribution is 5.69. The summed E-state index contributed by atoms with van der Waals surface area (Å²) in [6.45, 7) is 0. The van der Waals surface area contributed by atoms with Crippen molar-refractivity contribution in [1.29, 1.82) is 0 Å². The molecular weight excluding hydrogens is 216 g/mol. The van der Waals surface area contributed by atoms with Crippen LogP contribution in [0.15, 0.2) is 12.4 Å². The van der Waals surface area contributed by atoms with Crippen LogP contribution in [0.5, 0.6) is 5.75 Å². The number of aliphatic hydroxyl groups is 2. The number of carbonyl (C=O) groups is 1. The number of methoxy groups -OCH3 is 1. The first kappa shape index (κ1) is 12.3. The molecule has 16 heavy (non-hydrogen) atoms. The average molecular weight is 228 g/mol. The van der Waals surface area contributed by atoms with Crippen LogP contribution in [-0.2, 0) is 9.53 Å². The molecule has 7 heteroatoms. The Labute approximate surface area is 91.4 Å². The van der Waals surface area contributed by atoms with Crippen molar-refractivity contribution in [1.82, 2.24) is 9.97 Å². The van der Waals surface area contributed by atoms with E-state index in [0.717, 1.165) is 12.4 Å². The summed E-state index contributed by atoms with van der Waals surface area (Å²) in [4.78, 5) is 18.1. The second kappa shape index (κ2) is 5.38. The summed E-state index contributed by atoms with van der Waals surface area (Å²) in [6, 6.07) is 0. The summed E-state index contributed by atoms with van der Waals surface area (Å²) in [5.41, 5.74) is 0. The lowest BCUT2D eigenvalue weighted by atomic mass is 10.1. The third kappa shape index (κ3) is 3.14. The molecular formula is C9H12N2O5. The van der Waals surface area contributed by atoms with Crippen LogP contribution in [0.3, 0.4) is 0 Å². The van der Waals surface area contributed by atoms with Crippen LogP contribution in [0, 0.1) is 0 Å². The molecule has 88 valence electrons. The number of ether oxygens (including phenoxy) is 1. The largest absolute Gasteiger partial charge is 0.505 e. The van der Waals surface area contributed by atoms with Crippen LogP contribution in [0.4, 0.5) is 0 Å². The third-order valence-corrected chi connectivity index (χ3v) is 1.89. The van der Waals surface area contributed by atoms with Gasteiger partial charge in [0, 0.05) is 0 Å². The molecule has 2 atom stereocenters. The second-order valence-electron chi connectivity index (χ2n) is 3.09. The zero-order chi connectivity index (χ0) is 12.1. The number of aromatic hydroxyl groups is 1. The van der Waals surface area contributed by atoms with Crippen molar-refractivity contribution >= 4 is 5.97 Å². The summed E-state index contributed by atoms with van der Waals surface area (Å²) in [5.74, 6) is -0.877. The van der Waals surface area contributed by atoms with E-state index >= 15 is 0 Å². The predicted octanol–water partition coefficient (Wildman–Crippen LogP) is -0.860.